The summed E-state index contributed by atoms with van der Waals surface area (Å²) in [4.78, 5) is 19.1. The average molecular weight is 498 g/mol. The fourth-order valence-electron chi connectivity index (χ4n) is 5.72. The molecule has 4 heterocycles. The second-order valence-corrected chi connectivity index (χ2v) is 10.1. The van der Waals surface area contributed by atoms with Crippen LogP contribution in [0.1, 0.15) is 66.6 Å². The lowest BCUT2D eigenvalue weighted by atomic mass is 9.89. The van der Waals surface area contributed by atoms with E-state index in [2.05, 4.69) is 17.4 Å². The first-order chi connectivity index (χ1) is 17.6. The van der Waals surface area contributed by atoms with Crippen LogP contribution in [0.4, 0.5) is 10.1 Å². The number of hydrogen-bond acceptors (Lipinski definition) is 6. The number of likely N-dealkylation sites (tertiary alicyclic amines) is 1. The van der Waals surface area contributed by atoms with Crippen molar-refractivity contribution in [3.05, 3.63) is 58.7 Å². The number of halogens is 1. The summed E-state index contributed by atoms with van der Waals surface area (Å²) in [6, 6.07) is 7.92. The fourth-order valence-corrected chi connectivity index (χ4v) is 5.72. The van der Waals surface area contributed by atoms with E-state index in [0.717, 1.165) is 62.7 Å². The highest BCUT2D eigenvalue weighted by molar-refractivity contribution is 5.76. The number of benzene rings is 1. The Morgan fingerprint density at radius 3 is 3.03 bits per heavy atom. The van der Waals surface area contributed by atoms with Gasteiger partial charge in [0, 0.05) is 44.5 Å². The molecular formula is C28H36FN3O4. The zero-order valence-electron chi connectivity index (χ0n) is 20.8. The minimum Gasteiger partial charge on any atom is -0.480 e. The van der Waals surface area contributed by atoms with Gasteiger partial charge < -0.3 is 19.9 Å². The van der Waals surface area contributed by atoms with Crippen molar-refractivity contribution in [1.29, 1.82) is 0 Å². The van der Waals surface area contributed by atoms with Crippen molar-refractivity contribution < 1.29 is 23.8 Å². The Morgan fingerprint density at radius 2 is 2.19 bits per heavy atom. The lowest BCUT2D eigenvalue weighted by molar-refractivity contribution is -0.143. The van der Waals surface area contributed by atoms with Gasteiger partial charge in [0.05, 0.1) is 24.1 Å². The molecule has 3 atom stereocenters. The maximum atomic E-state index is 14.2. The molecule has 36 heavy (non-hydrogen) atoms. The first kappa shape index (κ1) is 25.1. The van der Waals surface area contributed by atoms with Crippen molar-refractivity contribution >= 4 is 11.7 Å². The highest BCUT2D eigenvalue weighted by atomic mass is 19.1. The fraction of sp³-hybridized carbons (Fsp3) is 0.571. The molecule has 0 amide bonds. The molecule has 194 valence electrons. The third kappa shape index (κ3) is 5.88. The Hall–Kier alpha value is -2.55. The van der Waals surface area contributed by atoms with E-state index in [4.69, 9.17) is 14.5 Å². The predicted octanol–water partition coefficient (Wildman–Crippen LogP) is 4.32. The Bertz CT molecular complexity index is 1060. The second-order valence-electron chi connectivity index (χ2n) is 10.1. The van der Waals surface area contributed by atoms with Crippen LogP contribution in [0, 0.1) is 5.82 Å². The quantitative estimate of drug-likeness (QED) is 0.473. The molecule has 1 aromatic carbocycles. The molecule has 2 unspecified atom stereocenters. The van der Waals surface area contributed by atoms with E-state index in [1.165, 1.54) is 23.5 Å². The van der Waals surface area contributed by atoms with Gasteiger partial charge >= 0.3 is 5.97 Å². The van der Waals surface area contributed by atoms with Gasteiger partial charge in [0.1, 0.15) is 11.9 Å². The number of carboxylic acids is 1. The zero-order chi connectivity index (χ0) is 24.9. The van der Waals surface area contributed by atoms with Crippen LogP contribution in [0.15, 0.2) is 30.3 Å². The van der Waals surface area contributed by atoms with E-state index >= 15 is 0 Å². The molecule has 8 heteroatoms. The number of aliphatic carboxylic acids is 1. The van der Waals surface area contributed by atoms with Crippen molar-refractivity contribution in [3.63, 3.8) is 0 Å². The summed E-state index contributed by atoms with van der Waals surface area (Å²) in [5, 5.41) is 13.5. The third-order valence-electron chi connectivity index (χ3n) is 7.61. The summed E-state index contributed by atoms with van der Waals surface area (Å²) in [7, 11) is 0. The number of pyridine rings is 1. The van der Waals surface area contributed by atoms with E-state index in [0.29, 0.717) is 38.5 Å². The van der Waals surface area contributed by atoms with Gasteiger partial charge in [-0.05, 0) is 80.3 Å². The molecule has 5 rings (SSSR count). The number of unbranched alkanes of at least 4 members (excludes halogenated alkanes) is 1. The Kier molecular flexibility index (Phi) is 8.14. The number of fused-ring (bicyclic) bond motifs is 1. The summed E-state index contributed by atoms with van der Waals surface area (Å²) < 4.78 is 25.8. The largest absolute Gasteiger partial charge is 0.480 e. The van der Waals surface area contributed by atoms with E-state index in [1.54, 1.807) is 6.07 Å². The summed E-state index contributed by atoms with van der Waals surface area (Å²) in [6.07, 6.45) is 6.65. The molecular weight excluding hydrogens is 461 g/mol. The van der Waals surface area contributed by atoms with Gasteiger partial charge in [0.25, 0.3) is 0 Å². The van der Waals surface area contributed by atoms with Gasteiger partial charge in [0.15, 0.2) is 0 Å². The van der Waals surface area contributed by atoms with Crippen LogP contribution in [0.5, 0.6) is 0 Å². The molecule has 0 aliphatic carbocycles. The van der Waals surface area contributed by atoms with Crippen LogP contribution in [-0.4, -0.2) is 66.5 Å². The number of hydrogen-bond donors (Lipinski definition) is 2. The number of nitrogens with zero attached hydrogens (tertiary/aromatic N) is 2. The SMILES string of the molecule is O=C(O)C(c1cc(F)ccc1C1CCOC1)N1CC[C@@H](OCCCCc2ccc3c(n2)CCCN3)C1. The number of anilines is 1. The Morgan fingerprint density at radius 1 is 1.28 bits per heavy atom. The molecule has 2 saturated heterocycles. The molecule has 1 aromatic heterocycles. The summed E-state index contributed by atoms with van der Waals surface area (Å²) >= 11 is 0. The van der Waals surface area contributed by atoms with Crippen molar-refractivity contribution in [2.45, 2.75) is 63.0 Å². The standard InChI is InChI=1S/C28H36FN3O4/c29-20-6-8-23(19-11-15-35-18-19)24(16-20)27(28(33)34)32-13-10-22(17-32)36-14-2-1-4-21-7-9-25-26(31-21)5-3-12-30-25/h6-9,16,19,22,27,30H,1-5,10-15,17-18H2,(H,33,34)/t19?,22-,27?/m1/s1. The predicted molar refractivity (Wildman–Crippen MR) is 135 cm³/mol. The van der Waals surface area contributed by atoms with Crippen LogP contribution >= 0.6 is 0 Å². The Balaban J connectivity index is 1.12. The van der Waals surface area contributed by atoms with Gasteiger partial charge in [-0.15, -0.1) is 0 Å². The molecule has 2 aromatic rings. The van der Waals surface area contributed by atoms with Crippen LogP contribution in [0.3, 0.4) is 0 Å². The monoisotopic (exact) mass is 497 g/mol. The molecule has 0 radical (unpaired) electrons. The Labute approximate surface area is 212 Å². The van der Waals surface area contributed by atoms with Gasteiger partial charge in [0.2, 0.25) is 0 Å². The van der Waals surface area contributed by atoms with Gasteiger partial charge in [-0.3, -0.25) is 14.7 Å². The molecule has 3 aliphatic rings. The molecule has 7 nitrogen and oxygen atoms in total. The number of carboxylic acid groups (broad SMARTS) is 1. The number of ether oxygens (including phenoxy) is 2. The molecule has 0 saturated carbocycles. The maximum Gasteiger partial charge on any atom is 0.325 e. The van der Waals surface area contributed by atoms with Crippen molar-refractivity contribution in [1.82, 2.24) is 9.88 Å². The highest BCUT2D eigenvalue weighted by Crippen LogP contribution is 2.36. The number of nitrogens with one attached hydrogen (secondary N) is 1. The average Bonchev–Trinajstić information content (AvgIpc) is 3.57. The second kappa shape index (κ2) is 11.7. The molecule has 0 spiro atoms. The molecule has 2 N–H and O–H groups in total. The first-order valence-electron chi connectivity index (χ1n) is 13.3. The summed E-state index contributed by atoms with van der Waals surface area (Å²) in [6.45, 7) is 4.02. The highest BCUT2D eigenvalue weighted by Gasteiger charge is 2.36. The first-order valence-corrected chi connectivity index (χ1v) is 13.3. The van der Waals surface area contributed by atoms with Crippen molar-refractivity contribution in [2.24, 2.45) is 0 Å². The van der Waals surface area contributed by atoms with Gasteiger partial charge in [-0.25, -0.2) is 4.39 Å². The summed E-state index contributed by atoms with van der Waals surface area (Å²) in [5.41, 5.74) is 4.91. The van der Waals surface area contributed by atoms with Crippen LogP contribution in [0.25, 0.3) is 0 Å². The third-order valence-corrected chi connectivity index (χ3v) is 7.61. The number of aryl methyl sites for hydroxylation is 2. The van der Waals surface area contributed by atoms with Crippen LogP contribution in [0.2, 0.25) is 0 Å². The molecule has 0 bridgehead atoms. The van der Waals surface area contributed by atoms with Gasteiger partial charge in [-0.1, -0.05) is 6.07 Å². The van der Waals surface area contributed by atoms with E-state index < -0.39 is 17.8 Å². The van der Waals surface area contributed by atoms with E-state index in [9.17, 15) is 14.3 Å². The van der Waals surface area contributed by atoms with Crippen molar-refractivity contribution in [3.8, 4) is 0 Å². The maximum absolute atomic E-state index is 14.2. The lowest BCUT2D eigenvalue weighted by Crippen LogP contribution is -2.34. The minimum atomic E-state index is -0.950. The van der Waals surface area contributed by atoms with Crippen LogP contribution in [-0.2, 0) is 27.1 Å². The van der Waals surface area contributed by atoms with Gasteiger partial charge in [-0.2, -0.15) is 0 Å². The smallest absolute Gasteiger partial charge is 0.325 e. The number of rotatable bonds is 10. The number of aromatic nitrogens is 1. The zero-order valence-corrected chi connectivity index (χ0v) is 20.8. The van der Waals surface area contributed by atoms with E-state index in [-0.39, 0.29) is 12.0 Å². The minimum absolute atomic E-state index is 0.00776. The van der Waals surface area contributed by atoms with E-state index in [1.807, 2.05) is 4.90 Å². The van der Waals surface area contributed by atoms with Crippen LogP contribution < -0.4 is 5.32 Å². The molecule has 2 fully saturated rings. The number of carbonyl (C=O) groups is 1. The normalized spacial score (nSPS) is 22.8. The van der Waals surface area contributed by atoms with Crippen molar-refractivity contribution in [2.75, 3.05) is 44.8 Å². The topological polar surface area (TPSA) is 83.9 Å². The lowest BCUT2D eigenvalue weighted by Gasteiger charge is -2.27. The summed E-state index contributed by atoms with van der Waals surface area (Å²) in [5.74, 6) is -1.25. The molecule has 3 aliphatic heterocycles.